The molecule has 18 heavy (non-hydrogen) atoms. The summed E-state index contributed by atoms with van der Waals surface area (Å²) >= 11 is 0. The van der Waals surface area contributed by atoms with Crippen LogP contribution in [0.1, 0.15) is 18.9 Å². The van der Waals surface area contributed by atoms with E-state index in [-0.39, 0.29) is 23.7 Å². The molecular formula is C12H17NO5. The van der Waals surface area contributed by atoms with E-state index in [1.54, 1.807) is 0 Å². The van der Waals surface area contributed by atoms with E-state index in [1.165, 1.54) is 12.1 Å². The third-order valence-electron chi connectivity index (χ3n) is 2.33. The molecular weight excluding hydrogens is 238 g/mol. The van der Waals surface area contributed by atoms with Crippen LogP contribution in [0, 0.1) is 0 Å². The Hall–Kier alpha value is -1.95. The van der Waals surface area contributed by atoms with E-state index < -0.39 is 12.0 Å². The molecule has 6 heteroatoms. The second-order valence-electron chi connectivity index (χ2n) is 3.96. The SMILES string of the molecule is CCCOc1c(O)cc(CC(N)C(=O)O)cc1O. The van der Waals surface area contributed by atoms with Gasteiger partial charge < -0.3 is 25.8 Å². The van der Waals surface area contributed by atoms with E-state index in [9.17, 15) is 15.0 Å². The fourth-order valence-corrected chi connectivity index (χ4v) is 1.47. The summed E-state index contributed by atoms with van der Waals surface area (Å²) in [5.74, 6) is -1.59. The minimum Gasteiger partial charge on any atom is -0.504 e. The highest BCUT2D eigenvalue weighted by molar-refractivity contribution is 5.73. The smallest absolute Gasteiger partial charge is 0.320 e. The predicted molar refractivity (Wildman–Crippen MR) is 64.9 cm³/mol. The van der Waals surface area contributed by atoms with Gasteiger partial charge in [-0.2, -0.15) is 0 Å². The van der Waals surface area contributed by atoms with Crippen molar-refractivity contribution in [2.75, 3.05) is 6.61 Å². The molecule has 1 unspecified atom stereocenters. The van der Waals surface area contributed by atoms with Gasteiger partial charge in [0.05, 0.1) is 6.61 Å². The van der Waals surface area contributed by atoms with Crippen LogP contribution in [-0.2, 0) is 11.2 Å². The Morgan fingerprint density at radius 2 is 1.94 bits per heavy atom. The van der Waals surface area contributed by atoms with Gasteiger partial charge in [-0.3, -0.25) is 4.79 Å². The number of phenols is 2. The predicted octanol–water partition coefficient (Wildman–Crippen LogP) is 0.841. The molecule has 0 radical (unpaired) electrons. The molecule has 6 nitrogen and oxygen atoms in total. The number of rotatable bonds is 6. The summed E-state index contributed by atoms with van der Waals surface area (Å²) in [4.78, 5) is 10.6. The molecule has 0 amide bonds. The van der Waals surface area contributed by atoms with Crippen LogP contribution in [0.5, 0.6) is 17.2 Å². The van der Waals surface area contributed by atoms with Gasteiger partial charge in [0, 0.05) is 0 Å². The first-order chi connectivity index (χ1) is 8.45. The second-order valence-corrected chi connectivity index (χ2v) is 3.96. The fourth-order valence-electron chi connectivity index (χ4n) is 1.47. The van der Waals surface area contributed by atoms with Crippen LogP contribution in [0.25, 0.3) is 0 Å². The topological polar surface area (TPSA) is 113 Å². The first-order valence-electron chi connectivity index (χ1n) is 5.61. The molecule has 0 fully saturated rings. The molecule has 1 rings (SSSR count). The Bertz CT molecular complexity index is 409. The number of aromatic hydroxyl groups is 2. The standard InChI is InChI=1S/C12H17NO5/c1-2-3-18-11-9(14)5-7(6-10(11)15)4-8(13)12(16)17/h5-6,8,14-15H,2-4,13H2,1H3,(H,16,17). The summed E-state index contributed by atoms with van der Waals surface area (Å²) in [5.41, 5.74) is 5.81. The summed E-state index contributed by atoms with van der Waals surface area (Å²) in [6, 6.07) is 1.60. The zero-order chi connectivity index (χ0) is 13.7. The second kappa shape index (κ2) is 6.11. The van der Waals surface area contributed by atoms with Gasteiger partial charge in [-0.1, -0.05) is 6.92 Å². The highest BCUT2D eigenvalue weighted by atomic mass is 16.5. The average molecular weight is 255 g/mol. The lowest BCUT2D eigenvalue weighted by Crippen LogP contribution is -2.32. The minimum absolute atomic E-state index is 0.00416. The third kappa shape index (κ3) is 3.53. The molecule has 1 atom stereocenters. The van der Waals surface area contributed by atoms with Crippen molar-refractivity contribution in [2.45, 2.75) is 25.8 Å². The molecule has 0 aliphatic rings. The largest absolute Gasteiger partial charge is 0.504 e. The molecule has 5 N–H and O–H groups in total. The highest BCUT2D eigenvalue weighted by Crippen LogP contribution is 2.37. The molecule has 0 saturated heterocycles. The van der Waals surface area contributed by atoms with Crippen molar-refractivity contribution < 1.29 is 24.9 Å². The first-order valence-corrected chi connectivity index (χ1v) is 5.61. The molecule has 100 valence electrons. The first kappa shape index (κ1) is 14.1. The van der Waals surface area contributed by atoms with Crippen LogP contribution in [-0.4, -0.2) is 33.9 Å². The van der Waals surface area contributed by atoms with Gasteiger partial charge in [0.1, 0.15) is 6.04 Å². The van der Waals surface area contributed by atoms with Gasteiger partial charge in [-0.05, 0) is 30.5 Å². The maximum atomic E-state index is 10.6. The van der Waals surface area contributed by atoms with Crippen molar-refractivity contribution in [1.82, 2.24) is 0 Å². The van der Waals surface area contributed by atoms with Gasteiger partial charge in [0.15, 0.2) is 11.5 Å². The van der Waals surface area contributed by atoms with Gasteiger partial charge in [0.25, 0.3) is 0 Å². The Morgan fingerprint density at radius 3 is 2.39 bits per heavy atom. The zero-order valence-electron chi connectivity index (χ0n) is 10.1. The Balaban J connectivity index is 2.88. The van der Waals surface area contributed by atoms with Crippen molar-refractivity contribution in [1.29, 1.82) is 0 Å². The number of hydrogen-bond acceptors (Lipinski definition) is 5. The lowest BCUT2D eigenvalue weighted by molar-refractivity contribution is -0.138. The van der Waals surface area contributed by atoms with Crippen LogP contribution in [0.4, 0.5) is 0 Å². The monoisotopic (exact) mass is 255 g/mol. The molecule has 0 aromatic heterocycles. The Morgan fingerprint density at radius 1 is 1.39 bits per heavy atom. The van der Waals surface area contributed by atoms with Crippen molar-refractivity contribution in [2.24, 2.45) is 5.73 Å². The number of carbonyl (C=O) groups is 1. The zero-order valence-corrected chi connectivity index (χ0v) is 10.1. The van der Waals surface area contributed by atoms with E-state index in [1.807, 2.05) is 6.92 Å². The molecule has 0 bridgehead atoms. The summed E-state index contributed by atoms with van der Waals surface area (Å²) < 4.78 is 5.18. The molecule has 0 aliphatic heterocycles. The number of aliphatic carboxylic acids is 1. The quantitative estimate of drug-likeness (QED) is 0.599. The van der Waals surface area contributed by atoms with Crippen molar-refractivity contribution >= 4 is 5.97 Å². The Kier molecular flexibility index (Phi) is 4.79. The lowest BCUT2D eigenvalue weighted by Gasteiger charge is -2.12. The maximum Gasteiger partial charge on any atom is 0.320 e. The van der Waals surface area contributed by atoms with E-state index in [0.29, 0.717) is 12.2 Å². The number of hydrogen-bond donors (Lipinski definition) is 4. The van der Waals surface area contributed by atoms with Gasteiger partial charge in [-0.15, -0.1) is 0 Å². The molecule has 0 spiro atoms. The normalized spacial score (nSPS) is 12.1. The number of ether oxygens (including phenoxy) is 1. The number of carboxylic acid groups (broad SMARTS) is 1. The summed E-state index contributed by atoms with van der Waals surface area (Å²) in [6.07, 6.45) is 0.759. The van der Waals surface area contributed by atoms with E-state index in [0.717, 1.165) is 6.42 Å². The van der Waals surface area contributed by atoms with Crippen LogP contribution in [0.3, 0.4) is 0 Å². The summed E-state index contributed by atoms with van der Waals surface area (Å²) in [6.45, 7) is 2.27. The number of carboxylic acids is 1. The van der Waals surface area contributed by atoms with Gasteiger partial charge in [-0.25, -0.2) is 0 Å². The number of benzene rings is 1. The van der Waals surface area contributed by atoms with Crippen LogP contribution in [0.15, 0.2) is 12.1 Å². The van der Waals surface area contributed by atoms with E-state index in [2.05, 4.69) is 0 Å². The van der Waals surface area contributed by atoms with E-state index >= 15 is 0 Å². The highest BCUT2D eigenvalue weighted by Gasteiger charge is 2.16. The summed E-state index contributed by atoms with van der Waals surface area (Å²) in [5, 5.41) is 28.0. The molecule has 0 heterocycles. The van der Waals surface area contributed by atoms with Gasteiger partial charge >= 0.3 is 5.97 Å². The molecule has 0 saturated carbocycles. The molecule has 1 aromatic rings. The molecule has 0 aliphatic carbocycles. The third-order valence-corrected chi connectivity index (χ3v) is 2.33. The van der Waals surface area contributed by atoms with Crippen molar-refractivity contribution in [3.05, 3.63) is 17.7 Å². The summed E-state index contributed by atoms with van der Waals surface area (Å²) in [7, 11) is 0. The minimum atomic E-state index is -1.14. The molecule has 1 aromatic carbocycles. The van der Waals surface area contributed by atoms with Crippen LogP contribution < -0.4 is 10.5 Å². The average Bonchev–Trinajstić information content (AvgIpc) is 2.27. The van der Waals surface area contributed by atoms with Gasteiger partial charge in [0.2, 0.25) is 5.75 Å². The van der Waals surface area contributed by atoms with Crippen LogP contribution in [0.2, 0.25) is 0 Å². The lowest BCUT2D eigenvalue weighted by atomic mass is 10.1. The fraction of sp³-hybridized carbons (Fsp3) is 0.417. The maximum absolute atomic E-state index is 10.6. The van der Waals surface area contributed by atoms with E-state index in [4.69, 9.17) is 15.6 Å². The number of phenolic OH excluding ortho intramolecular Hbond substituents is 2. The van der Waals surface area contributed by atoms with Crippen molar-refractivity contribution in [3.63, 3.8) is 0 Å². The number of nitrogens with two attached hydrogens (primary N) is 1. The Labute approximate surface area is 105 Å². The van der Waals surface area contributed by atoms with Crippen molar-refractivity contribution in [3.8, 4) is 17.2 Å². The van der Waals surface area contributed by atoms with Crippen LogP contribution >= 0.6 is 0 Å².